The topological polar surface area (TPSA) is 27.7 Å². The first-order valence-corrected chi connectivity index (χ1v) is 9.71. The van der Waals surface area contributed by atoms with E-state index >= 15 is 0 Å². The van der Waals surface area contributed by atoms with Gasteiger partial charge in [0.2, 0.25) is 0 Å². The molecule has 2 aliphatic heterocycles. The van der Waals surface area contributed by atoms with Crippen LogP contribution in [0.2, 0.25) is 0 Å². The van der Waals surface area contributed by atoms with Gasteiger partial charge in [0, 0.05) is 12.2 Å². The molecule has 0 amide bonds. The normalized spacial score (nSPS) is 16.9. The molecule has 2 heterocycles. The number of ether oxygens (including phenoxy) is 1. The molecule has 5 heteroatoms. The molecule has 2 aromatic carbocycles. The molecule has 27 heavy (non-hydrogen) atoms. The summed E-state index contributed by atoms with van der Waals surface area (Å²) in [6.07, 6.45) is 5.08. The van der Waals surface area contributed by atoms with E-state index in [1.54, 1.807) is 6.07 Å². The van der Waals surface area contributed by atoms with Gasteiger partial charge in [0.05, 0.1) is 18.0 Å². The van der Waals surface area contributed by atoms with Crippen molar-refractivity contribution < 1.29 is 9.13 Å². The third kappa shape index (κ3) is 4.08. The van der Waals surface area contributed by atoms with Crippen LogP contribution in [0, 0.1) is 5.82 Å². The zero-order valence-corrected chi connectivity index (χ0v) is 15.6. The number of anilines is 3. The molecule has 0 aliphatic carbocycles. The van der Waals surface area contributed by atoms with Crippen molar-refractivity contribution in [2.24, 2.45) is 0 Å². The van der Waals surface area contributed by atoms with E-state index in [0.29, 0.717) is 5.82 Å². The summed E-state index contributed by atoms with van der Waals surface area (Å²) >= 11 is 0. The first kappa shape index (κ1) is 17.9. The molecule has 1 saturated heterocycles. The molecule has 4 rings (SSSR count). The maximum Gasteiger partial charge on any atom is 0.125 e. The van der Waals surface area contributed by atoms with E-state index in [2.05, 4.69) is 16.8 Å². The van der Waals surface area contributed by atoms with Crippen molar-refractivity contribution in [1.82, 2.24) is 4.90 Å². The van der Waals surface area contributed by atoms with E-state index < -0.39 is 0 Å². The van der Waals surface area contributed by atoms with Gasteiger partial charge in [-0.15, -0.1) is 0 Å². The summed E-state index contributed by atoms with van der Waals surface area (Å²) in [5, 5.41) is 3.13. The summed E-state index contributed by atoms with van der Waals surface area (Å²) in [6.45, 7) is 8.35. The molecule has 0 atom stereocenters. The lowest BCUT2D eigenvalue weighted by molar-refractivity contribution is 0.205. The van der Waals surface area contributed by atoms with Crippen LogP contribution >= 0.6 is 0 Å². The summed E-state index contributed by atoms with van der Waals surface area (Å²) in [4.78, 5) is 4.51. The van der Waals surface area contributed by atoms with Crippen LogP contribution < -0.4 is 15.0 Å². The molecular formula is C22H26FN3O. The molecule has 0 bridgehead atoms. The Morgan fingerprint density at radius 2 is 1.81 bits per heavy atom. The molecule has 0 unspecified atom stereocenters. The number of piperidine rings is 1. The minimum atomic E-state index is -0.260. The molecule has 2 aliphatic rings. The predicted octanol–water partition coefficient (Wildman–Crippen LogP) is 5.12. The van der Waals surface area contributed by atoms with Gasteiger partial charge in [0.1, 0.15) is 17.4 Å². The van der Waals surface area contributed by atoms with E-state index in [9.17, 15) is 4.39 Å². The van der Waals surface area contributed by atoms with Gasteiger partial charge in [0.15, 0.2) is 0 Å². The molecule has 2 aromatic rings. The Hall–Kier alpha value is -2.53. The molecular weight excluding hydrogens is 341 g/mol. The lowest BCUT2D eigenvalue weighted by Crippen LogP contribution is -2.31. The summed E-state index contributed by atoms with van der Waals surface area (Å²) < 4.78 is 19.3. The third-order valence-electron chi connectivity index (χ3n) is 5.18. The van der Waals surface area contributed by atoms with E-state index in [0.717, 1.165) is 42.4 Å². The maximum absolute atomic E-state index is 13.4. The van der Waals surface area contributed by atoms with Crippen molar-refractivity contribution in [2.75, 3.05) is 36.5 Å². The van der Waals surface area contributed by atoms with Crippen LogP contribution in [-0.4, -0.2) is 31.1 Å². The maximum atomic E-state index is 13.4. The molecule has 142 valence electrons. The van der Waals surface area contributed by atoms with Crippen LogP contribution in [0.15, 0.2) is 54.9 Å². The first-order valence-electron chi connectivity index (χ1n) is 9.71. The van der Waals surface area contributed by atoms with Crippen molar-refractivity contribution >= 4 is 17.1 Å². The number of nitrogens with one attached hydrogen (secondary N) is 1. The van der Waals surface area contributed by atoms with Crippen LogP contribution in [0.4, 0.5) is 21.5 Å². The summed E-state index contributed by atoms with van der Waals surface area (Å²) in [7, 11) is 0. The quantitative estimate of drug-likeness (QED) is 0.718. The average Bonchev–Trinajstić information content (AvgIpc) is 3.01. The Morgan fingerprint density at radius 3 is 2.59 bits per heavy atom. The van der Waals surface area contributed by atoms with Gasteiger partial charge >= 0.3 is 0 Å². The van der Waals surface area contributed by atoms with Gasteiger partial charge in [-0.05, 0) is 74.8 Å². The number of likely N-dealkylation sites (tertiary alicyclic amines) is 1. The smallest absolute Gasteiger partial charge is 0.125 e. The highest BCUT2D eigenvalue weighted by atomic mass is 19.1. The average molecular weight is 367 g/mol. The van der Waals surface area contributed by atoms with Crippen LogP contribution in [0.5, 0.6) is 5.75 Å². The summed E-state index contributed by atoms with van der Waals surface area (Å²) in [5.41, 5.74) is 2.60. The fourth-order valence-corrected chi connectivity index (χ4v) is 3.81. The number of nitrogens with zero attached hydrogens (tertiary/aromatic N) is 2. The Bertz CT molecular complexity index is 800. The Balaban J connectivity index is 1.33. The molecule has 0 radical (unpaired) electrons. The Kier molecular flexibility index (Phi) is 5.30. The highest BCUT2D eigenvalue weighted by Crippen LogP contribution is 2.41. The van der Waals surface area contributed by atoms with E-state index in [1.165, 1.54) is 44.5 Å². The molecule has 1 N–H and O–H groups in total. The van der Waals surface area contributed by atoms with Crippen LogP contribution in [0.3, 0.4) is 0 Å². The number of halogens is 1. The zero-order chi connectivity index (χ0) is 18.6. The van der Waals surface area contributed by atoms with Gasteiger partial charge in [-0.3, -0.25) is 4.90 Å². The number of rotatable bonds is 6. The fraction of sp³-hybridized carbons (Fsp3) is 0.364. The van der Waals surface area contributed by atoms with Crippen molar-refractivity contribution in [3.8, 4) is 5.75 Å². The second-order valence-electron chi connectivity index (χ2n) is 7.17. The van der Waals surface area contributed by atoms with Gasteiger partial charge in [0.25, 0.3) is 0 Å². The monoisotopic (exact) mass is 367 g/mol. The highest BCUT2D eigenvalue weighted by molar-refractivity contribution is 5.86. The minimum Gasteiger partial charge on any atom is -0.494 e. The minimum absolute atomic E-state index is 0.260. The van der Waals surface area contributed by atoms with Crippen molar-refractivity contribution in [3.05, 3.63) is 60.7 Å². The number of benzene rings is 2. The molecule has 0 saturated carbocycles. The Morgan fingerprint density at radius 1 is 1.04 bits per heavy atom. The third-order valence-corrected chi connectivity index (χ3v) is 5.18. The lowest BCUT2D eigenvalue weighted by Gasteiger charge is -2.26. The Labute approximate surface area is 160 Å². The molecule has 0 spiro atoms. The summed E-state index contributed by atoms with van der Waals surface area (Å²) in [5.74, 6) is 1.32. The van der Waals surface area contributed by atoms with Gasteiger partial charge in [-0.1, -0.05) is 13.0 Å². The standard InChI is InChI=1S/C22H26FN3O/c1-17-24-21-16-18(23)6-11-22(21)26(17)19-7-9-20(10-8-19)27-15-5-14-25-12-3-2-4-13-25/h6-11,16,24H,1-5,12-15H2. The van der Waals surface area contributed by atoms with Crippen molar-refractivity contribution in [2.45, 2.75) is 25.7 Å². The van der Waals surface area contributed by atoms with E-state index in [-0.39, 0.29) is 5.82 Å². The van der Waals surface area contributed by atoms with Gasteiger partial charge in [-0.25, -0.2) is 4.39 Å². The highest BCUT2D eigenvalue weighted by Gasteiger charge is 2.24. The van der Waals surface area contributed by atoms with Crippen LogP contribution in [0.1, 0.15) is 25.7 Å². The number of hydrogen-bond acceptors (Lipinski definition) is 4. The largest absolute Gasteiger partial charge is 0.494 e. The second kappa shape index (κ2) is 8.01. The number of hydrogen-bond donors (Lipinski definition) is 1. The van der Waals surface area contributed by atoms with Crippen LogP contribution in [-0.2, 0) is 0 Å². The molecule has 4 nitrogen and oxygen atoms in total. The zero-order valence-electron chi connectivity index (χ0n) is 15.6. The van der Waals surface area contributed by atoms with Gasteiger partial charge in [-0.2, -0.15) is 0 Å². The predicted molar refractivity (Wildman–Crippen MR) is 108 cm³/mol. The second-order valence-corrected chi connectivity index (χ2v) is 7.17. The van der Waals surface area contributed by atoms with Crippen molar-refractivity contribution in [1.29, 1.82) is 0 Å². The van der Waals surface area contributed by atoms with Gasteiger partial charge < -0.3 is 15.0 Å². The first-order chi connectivity index (χ1) is 13.2. The molecule has 1 fully saturated rings. The molecule has 0 aromatic heterocycles. The van der Waals surface area contributed by atoms with E-state index in [4.69, 9.17) is 4.74 Å². The van der Waals surface area contributed by atoms with Crippen LogP contribution in [0.25, 0.3) is 0 Å². The summed E-state index contributed by atoms with van der Waals surface area (Å²) in [6, 6.07) is 12.7. The SMILES string of the molecule is C=C1Nc2cc(F)ccc2N1c1ccc(OCCCN2CCCCC2)cc1. The lowest BCUT2D eigenvalue weighted by atomic mass is 10.1. The number of fused-ring (bicyclic) bond motifs is 1. The fourth-order valence-electron chi connectivity index (χ4n) is 3.81. The van der Waals surface area contributed by atoms with E-state index in [1.807, 2.05) is 29.2 Å². The van der Waals surface area contributed by atoms with Crippen molar-refractivity contribution in [3.63, 3.8) is 0 Å².